The largest absolute Gasteiger partial charge is 0.497 e. The first-order chi connectivity index (χ1) is 22.5. The number of hydrogen-bond acceptors (Lipinski definition) is 7. The van der Waals surface area contributed by atoms with Gasteiger partial charge < -0.3 is 30.4 Å². The predicted octanol–water partition coefficient (Wildman–Crippen LogP) is 3.07. The second-order valence-electron chi connectivity index (χ2n) is 10.9. The summed E-state index contributed by atoms with van der Waals surface area (Å²) in [7, 11) is 1.38. The number of Topliss-reactive ketones (excluding diaryl/α,β-unsaturated/α-hetero) is 1. The zero-order chi connectivity index (χ0) is 35.8. The average molecular weight is 693 g/mol. The lowest BCUT2D eigenvalue weighted by molar-refractivity contribution is -0.175. The number of alkyl halides is 3. The summed E-state index contributed by atoms with van der Waals surface area (Å²) in [6.45, 7) is 1.89. The zero-order valence-corrected chi connectivity index (χ0v) is 26.6. The molecule has 3 aromatic rings. The van der Waals surface area contributed by atoms with Gasteiger partial charge in [-0.2, -0.15) is 13.2 Å². The molecule has 4 N–H and O–H groups in total. The number of carboxylic acid groups (broad SMARTS) is 1. The third-order valence-corrected chi connectivity index (χ3v) is 7.26. The van der Waals surface area contributed by atoms with Gasteiger partial charge in [0.1, 0.15) is 24.4 Å². The monoisotopic (exact) mass is 692 g/mol. The molecule has 1 heterocycles. The van der Waals surface area contributed by atoms with Gasteiger partial charge in [0.25, 0.3) is 17.2 Å². The lowest BCUT2D eigenvalue weighted by Gasteiger charge is -2.27. The van der Waals surface area contributed by atoms with E-state index in [2.05, 4.69) is 16.0 Å². The summed E-state index contributed by atoms with van der Waals surface area (Å²) >= 11 is 6.11. The van der Waals surface area contributed by atoms with E-state index in [0.29, 0.717) is 16.3 Å². The number of benzene rings is 2. The van der Waals surface area contributed by atoms with Gasteiger partial charge in [0, 0.05) is 23.7 Å². The Morgan fingerprint density at radius 3 is 2.17 bits per heavy atom. The minimum Gasteiger partial charge on any atom is -0.497 e. The van der Waals surface area contributed by atoms with E-state index in [0.717, 1.165) is 22.9 Å². The second kappa shape index (κ2) is 16.1. The first-order valence-corrected chi connectivity index (χ1v) is 14.7. The molecule has 0 saturated heterocycles. The van der Waals surface area contributed by atoms with E-state index in [1.54, 1.807) is 18.2 Å². The van der Waals surface area contributed by atoms with Crippen LogP contribution in [0.3, 0.4) is 0 Å². The standard InChI is InChI=1S/C32H32ClF3N4O8/c1-17(2)26(28(44)32(34,35)36)38-31(47)27(19-7-10-22(48-3)11-8-19)39-30(46)23(14-18-5-4-6-21(33)13-18)37-29(45)20-9-12-24(41)40(15-20)16-25(42)43/h4-13,15,17,23,26-27H,14,16H2,1-3H3,(H,37,45)(H,38,47)(H,39,46)(H,42,43). The SMILES string of the molecule is COc1ccc(C(NC(=O)C(Cc2cccc(Cl)c2)NC(=O)c2ccc(=O)n(CC(=O)O)c2)C(=O)NC(C(=O)C(F)(F)F)C(C)C)cc1. The molecule has 256 valence electrons. The number of carbonyl (C=O) groups is 5. The van der Waals surface area contributed by atoms with Crippen LogP contribution in [0.4, 0.5) is 13.2 Å². The summed E-state index contributed by atoms with van der Waals surface area (Å²) < 4.78 is 46.0. The highest BCUT2D eigenvalue weighted by Gasteiger charge is 2.45. The van der Waals surface area contributed by atoms with Gasteiger partial charge in [-0.15, -0.1) is 0 Å². The van der Waals surface area contributed by atoms with Crippen molar-refractivity contribution in [2.75, 3.05) is 7.11 Å². The molecule has 0 fully saturated rings. The Morgan fingerprint density at radius 2 is 1.60 bits per heavy atom. The lowest BCUT2D eigenvalue weighted by Crippen LogP contribution is -2.55. The molecule has 0 spiro atoms. The molecular weight excluding hydrogens is 661 g/mol. The van der Waals surface area contributed by atoms with Gasteiger partial charge in [-0.3, -0.25) is 28.8 Å². The van der Waals surface area contributed by atoms with Crippen LogP contribution in [0.1, 0.15) is 41.4 Å². The Hall–Kier alpha value is -5.18. The van der Waals surface area contributed by atoms with Crippen molar-refractivity contribution >= 4 is 41.1 Å². The van der Waals surface area contributed by atoms with Crippen molar-refractivity contribution in [1.29, 1.82) is 0 Å². The topological polar surface area (TPSA) is 173 Å². The van der Waals surface area contributed by atoms with Gasteiger partial charge in [-0.1, -0.05) is 49.7 Å². The van der Waals surface area contributed by atoms with Crippen molar-refractivity contribution in [3.63, 3.8) is 0 Å². The highest BCUT2D eigenvalue weighted by Crippen LogP contribution is 2.23. The van der Waals surface area contributed by atoms with Gasteiger partial charge >= 0.3 is 12.1 Å². The Bertz CT molecular complexity index is 1730. The third-order valence-electron chi connectivity index (χ3n) is 7.03. The molecule has 0 aliphatic carbocycles. The van der Waals surface area contributed by atoms with Crippen molar-refractivity contribution in [3.8, 4) is 5.75 Å². The molecule has 16 heteroatoms. The van der Waals surface area contributed by atoms with Crippen LogP contribution < -0.4 is 26.2 Å². The number of aromatic nitrogens is 1. The molecule has 0 aliphatic heterocycles. The Kier molecular flexibility index (Phi) is 12.5. The molecule has 0 radical (unpaired) electrons. The maximum absolute atomic E-state index is 13.8. The molecule has 3 amide bonds. The number of halogens is 4. The van der Waals surface area contributed by atoms with Crippen LogP contribution in [-0.4, -0.2) is 64.5 Å². The van der Waals surface area contributed by atoms with Gasteiger partial charge in [0.05, 0.1) is 18.7 Å². The molecule has 0 saturated carbocycles. The van der Waals surface area contributed by atoms with Crippen LogP contribution in [0.5, 0.6) is 5.75 Å². The van der Waals surface area contributed by atoms with Crippen LogP contribution in [0.25, 0.3) is 0 Å². The Morgan fingerprint density at radius 1 is 0.938 bits per heavy atom. The summed E-state index contributed by atoms with van der Waals surface area (Å²) in [5.74, 6) is -7.12. The normalized spacial score (nSPS) is 13.2. The quantitative estimate of drug-likeness (QED) is 0.200. The first-order valence-electron chi connectivity index (χ1n) is 14.3. The summed E-state index contributed by atoms with van der Waals surface area (Å²) in [6, 6.07) is 8.98. The summed E-state index contributed by atoms with van der Waals surface area (Å²) in [5, 5.41) is 16.5. The molecule has 2 aromatic carbocycles. The van der Waals surface area contributed by atoms with E-state index in [1.807, 2.05) is 0 Å². The third kappa shape index (κ3) is 10.2. The summed E-state index contributed by atoms with van der Waals surface area (Å²) in [5.41, 5.74) is -0.286. The van der Waals surface area contributed by atoms with Crippen molar-refractivity contribution in [2.45, 2.75) is 51.1 Å². The van der Waals surface area contributed by atoms with Gasteiger partial charge in [-0.25, -0.2) is 0 Å². The van der Waals surface area contributed by atoms with E-state index >= 15 is 0 Å². The molecule has 1 aromatic heterocycles. The molecule has 48 heavy (non-hydrogen) atoms. The fourth-order valence-electron chi connectivity index (χ4n) is 4.57. The van der Waals surface area contributed by atoms with Crippen molar-refractivity contribution in [3.05, 3.63) is 98.9 Å². The minimum atomic E-state index is -5.25. The van der Waals surface area contributed by atoms with E-state index in [9.17, 15) is 41.9 Å². The van der Waals surface area contributed by atoms with E-state index < -0.39 is 71.8 Å². The molecule has 3 rings (SSSR count). The number of aliphatic carboxylic acids is 1. The minimum absolute atomic E-state index is 0.109. The summed E-state index contributed by atoms with van der Waals surface area (Å²) in [4.78, 5) is 76.1. The molecule has 3 unspecified atom stereocenters. The maximum Gasteiger partial charge on any atom is 0.452 e. The van der Waals surface area contributed by atoms with E-state index in [4.69, 9.17) is 21.4 Å². The lowest BCUT2D eigenvalue weighted by atomic mass is 9.97. The van der Waals surface area contributed by atoms with Crippen LogP contribution in [0.2, 0.25) is 5.02 Å². The number of amides is 3. The fraction of sp³-hybridized carbons (Fsp3) is 0.312. The number of methoxy groups -OCH3 is 1. The Labute approximate surface area is 277 Å². The van der Waals surface area contributed by atoms with Crippen LogP contribution in [0, 0.1) is 5.92 Å². The van der Waals surface area contributed by atoms with Gasteiger partial charge in [0.15, 0.2) is 0 Å². The highest BCUT2D eigenvalue weighted by atomic mass is 35.5. The number of carbonyl (C=O) groups excluding carboxylic acids is 4. The average Bonchev–Trinajstić information content (AvgIpc) is 3.01. The molecule has 0 bridgehead atoms. The van der Waals surface area contributed by atoms with Gasteiger partial charge in [0.2, 0.25) is 11.8 Å². The smallest absolute Gasteiger partial charge is 0.452 e. The molecule has 3 atom stereocenters. The first kappa shape index (κ1) is 37.3. The van der Waals surface area contributed by atoms with Crippen molar-refractivity contribution < 1.29 is 47.0 Å². The van der Waals surface area contributed by atoms with Crippen molar-refractivity contribution in [2.24, 2.45) is 5.92 Å². The van der Waals surface area contributed by atoms with Crippen LogP contribution in [-0.2, 0) is 32.1 Å². The Balaban J connectivity index is 2.00. The van der Waals surface area contributed by atoms with E-state index in [1.165, 1.54) is 51.3 Å². The number of carboxylic acids is 1. The number of hydrogen-bond donors (Lipinski definition) is 4. The number of ether oxygens (including phenoxy) is 1. The fourth-order valence-corrected chi connectivity index (χ4v) is 4.79. The number of ketones is 1. The molecule has 0 aliphatic rings. The molecular formula is C32H32ClF3N4O8. The maximum atomic E-state index is 13.8. The zero-order valence-electron chi connectivity index (χ0n) is 25.8. The van der Waals surface area contributed by atoms with Crippen molar-refractivity contribution in [1.82, 2.24) is 20.5 Å². The predicted molar refractivity (Wildman–Crippen MR) is 166 cm³/mol. The van der Waals surface area contributed by atoms with E-state index in [-0.39, 0.29) is 17.5 Å². The van der Waals surface area contributed by atoms with Gasteiger partial charge in [-0.05, 0) is 47.4 Å². The number of rotatable bonds is 14. The highest BCUT2D eigenvalue weighted by molar-refractivity contribution is 6.30. The van der Waals surface area contributed by atoms with Crippen LogP contribution >= 0.6 is 11.6 Å². The number of nitrogens with zero attached hydrogens (tertiary/aromatic N) is 1. The number of nitrogens with one attached hydrogen (secondary N) is 3. The molecule has 12 nitrogen and oxygen atoms in total. The number of pyridine rings is 1. The summed E-state index contributed by atoms with van der Waals surface area (Å²) in [6.07, 6.45) is -4.44. The van der Waals surface area contributed by atoms with Crippen LogP contribution in [0.15, 0.2) is 71.7 Å². The second-order valence-corrected chi connectivity index (χ2v) is 11.4.